The molecule has 2 heterocycles. The Morgan fingerprint density at radius 2 is 1.86 bits per heavy atom. The van der Waals surface area contributed by atoms with E-state index in [4.69, 9.17) is 9.47 Å². The van der Waals surface area contributed by atoms with Gasteiger partial charge in [-0.1, -0.05) is 11.9 Å². The topological polar surface area (TPSA) is 88.6 Å². The van der Waals surface area contributed by atoms with Crippen LogP contribution in [-0.2, 0) is 0 Å². The smallest absolute Gasteiger partial charge is 0.321 e. The molecule has 2 N–H and O–H groups in total. The predicted octanol–water partition coefficient (Wildman–Crippen LogP) is 5.47. The lowest BCUT2D eigenvalue weighted by atomic mass is 9.91. The number of amides is 2. The number of hydrogen-bond donors (Lipinski definition) is 2. The lowest BCUT2D eigenvalue weighted by Gasteiger charge is -2.32. The monoisotopic (exact) mass is 509 g/mol. The molecule has 1 fully saturated rings. The van der Waals surface area contributed by atoms with Crippen LogP contribution in [0, 0.1) is 0 Å². The van der Waals surface area contributed by atoms with Gasteiger partial charge in [-0.25, -0.2) is 14.8 Å². The molecule has 1 saturated heterocycles. The van der Waals surface area contributed by atoms with Crippen LogP contribution >= 0.6 is 11.9 Å². The fraction of sp³-hybridized carbons (Fsp3) is 0.444. The second-order valence-electron chi connectivity index (χ2n) is 9.12. The summed E-state index contributed by atoms with van der Waals surface area (Å²) in [5.74, 6) is 1.91. The molecule has 0 atom stereocenters. The van der Waals surface area contributed by atoms with Crippen LogP contribution < -0.4 is 19.5 Å². The molecule has 1 aromatic heterocycles. The zero-order chi connectivity index (χ0) is 25.3. The van der Waals surface area contributed by atoms with Crippen molar-refractivity contribution in [3.63, 3.8) is 0 Å². The highest BCUT2D eigenvalue weighted by atomic mass is 32.2. The average Bonchev–Trinajstić information content (AvgIpc) is 2.89. The zero-order valence-corrected chi connectivity index (χ0v) is 22.0. The number of likely N-dealkylation sites (tertiary alicyclic amines) is 1. The Morgan fingerprint density at radius 1 is 1.11 bits per heavy atom. The van der Waals surface area contributed by atoms with Gasteiger partial charge in [0, 0.05) is 42.7 Å². The van der Waals surface area contributed by atoms with Crippen LogP contribution in [0.3, 0.4) is 0 Å². The molecule has 8 nitrogen and oxygen atoms in total. The van der Waals surface area contributed by atoms with Gasteiger partial charge in [0.1, 0.15) is 17.8 Å². The van der Waals surface area contributed by atoms with Crippen LogP contribution in [0.2, 0.25) is 0 Å². The van der Waals surface area contributed by atoms with Gasteiger partial charge in [0.25, 0.3) is 0 Å². The number of rotatable bonds is 10. The van der Waals surface area contributed by atoms with Crippen LogP contribution in [0.25, 0.3) is 10.9 Å². The molecule has 0 radical (unpaired) electrons. The molecule has 36 heavy (non-hydrogen) atoms. The Morgan fingerprint density at radius 3 is 2.58 bits per heavy atom. The molecule has 1 aliphatic heterocycles. The number of benzene rings is 2. The Labute approximate surface area is 217 Å². The van der Waals surface area contributed by atoms with E-state index in [9.17, 15) is 4.79 Å². The summed E-state index contributed by atoms with van der Waals surface area (Å²) in [6.45, 7) is 6.92. The van der Waals surface area contributed by atoms with E-state index in [0.29, 0.717) is 19.7 Å². The Kier molecular flexibility index (Phi) is 9.24. The number of aromatic nitrogens is 2. The molecule has 0 bridgehead atoms. The second-order valence-corrected chi connectivity index (χ2v) is 9.82. The van der Waals surface area contributed by atoms with Gasteiger partial charge in [-0.15, -0.1) is 0 Å². The van der Waals surface area contributed by atoms with E-state index in [0.717, 1.165) is 59.6 Å². The van der Waals surface area contributed by atoms with Crippen LogP contribution in [0.15, 0.2) is 48.8 Å². The van der Waals surface area contributed by atoms with E-state index in [2.05, 4.69) is 26.1 Å². The van der Waals surface area contributed by atoms with Crippen molar-refractivity contribution in [2.24, 2.45) is 0 Å². The van der Waals surface area contributed by atoms with Crippen molar-refractivity contribution in [3.8, 4) is 11.5 Å². The molecule has 2 amide bonds. The molecule has 0 aliphatic carbocycles. The van der Waals surface area contributed by atoms with Crippen LogP contribution in [0.5, 0.6) is 11.5 Å². The van der Waals surface area contributed by atoms with Gasteiger partial charge >= 0.3 is 6.03 Å². The molecule has 9 heteroatoms. The number of nitrogens with zero attached hydrogens (tertiary/aromatic N) is 3. The van der Waals surface area contributed by atoms with E-state index in [-0.39, 0.29) is 18.1 Å². The van der Waals surface area contributed by atoms with E-state index in [1.165, 1.54) is 0 Å². The molecule has 2 aromatic carbocycles. The number of anilines is 1. The first-order valence-corrected chi connectivity index (χ1v) is 13.7. The van der Waals surface area contributed by atoms with Gasteiger partial charge < -0.3 is 19.7 Å². The summed E-state index contributed by atoms with van der Waals surface area (Å²) >= 11 is 1.62. The van der Waals surface area contributed by atoms with Crippen molar-refractivity contribution in [2.75, 3.05) is 37.8 Å². The van der Waals surface area contributed by atoms with Gasteiger partial charge in [0.2, 0.25) is 0 Å². The number of fused-ring (bicyclic) bond motifs is 1. The number of nitrogens with one attached hydrogen (secondary N) is 2. The Balaban J connectivity index is 1.32. The van der Waals surface area contributed by atoms with E-state index in [1.807, 2.05) is 61.4 Å². The second kappa shape index (κ2) is 12.8. The highest BCUT2D eigenvalue weighted by Gasteiger charge is 2.26. The standard InChI is InChI=1S/C27H35N5O3S/c1-19(2)35-22-7-5-21(6-8-22)31-27(33)32-14-11-20(12-15-32)26-24-10-9-23(17-25(24)28-18-29-26)34-16-4-13-30-36-3/h5-10,17-20,30H,4,11-16H2,1-3H3,(H,31,33). The van der Waals surface area contributed by atoms with Crippen molar-refractivity contribution in [1.29, 1.82) is 0 Å². The highest BCUT2D eigenvalue weighted by Crippen LogP contribution is 2.32. The van der Waals surface area contributed by atoms with Gasteiger partial charge in [0.15, 0.2) is 0 Å². The fourth-order valence-electron chi connectivity index (χ4n) is 4.36. The summed E-state index contributed by atoms with van der Waals surface area (Å²) in [7, 11) is 0. The molecule has 0 unspecified atom stereocenters. The molecular formula is C27H35N5O3S. The first-order chi connectivity index (χ1) is 17.5. The van der Waals surface area contributed by atoms with Gasteiger partial charge in [-0.3, -0.25) is 4.72 Å². The average molecular weight is 510 g/mol. The fourth-order valence-corrected chi connectivity index (χ4v) is 4.71. The van der Waals surface area contributed by atoms with Crippen LogP contribution in [0.4, 0.5) is 10.5 Å². The normalized spacial score (nSPS) is 14.3. The van der Waals surface area contributed by atoms with Crippen molar-refractivity contribution < 1.29 is 14.3 Å². The predicted molar refractivity (Wildman–Crippen MR) is 146 cm³/mol. The maximum absolute atomic E-state index is 12.8. The van der Waals surface area contributed by atoms with Crippen molar-refractivity contribution in [1.82, 2.24) is 19.6 Å². The Hall–Kier alpha value is -3.04. The summed E-state index contributed by atoms with van der Waals surface area (Å²) in [6, 6.07) is 13.5. The third-order valence-corrected chi connectivity index (χ3v) is 6.61. The van der Waals surface area contributed by atoms with Crippen molar-refractivity contribution >= 4 is 34.6 Å². The molecule has 0 saturated carbocycles. The molecule has 4 rings (SSSR count). The number of carbonyl (C=O) groups excluding carboxylic acids is 1. The number of carbonyl (C=O) groups is 1. The van der Waals surface area contributed by atoms with E-state index in [1.54, 1.807) is 18.3 Å². The summed E-state index contributed by atoms with van der Waals surface area (Å²) in [5.41, 5.74) is 2.71. The van der Waals surface area contributed by atoms with Gasteiger partial charge in [0.05, 0.1) is 23.9 Å². The highest BCUT2D eigenvalue weighted by molar-refractivity contribution is 7.96. The zero-order valence-electron chi connectivity index (χ0n) is 21.2. The maximum atomic E-state index is 12.8. The third kappa shape index (κ3) is 7.01. The minimum absolute atomic E-state index is 0.0759. The Bertz CT molecular complexity index is 1130. The lowest BCUT2D eigenvalue weighted by molar-refractivity contribution is 0.194. The van der Waals surface area contributed by atoms with Gasteiger partial charge in [-0.05, 0) is 75.8 Å². The minimum Gasteiger partial charge on any atom is -0.493 e. The van der Waals surface area contributed by atoms with Crippen molar-refractivity contribution in [3.05, 3.63) is 54.5 Å². The SMILES string of the molecule is CSNCCCOc1ccc2c(C3CCN(C(=O)Nc4ccc(OC(C)C)cc4)CC3)ncnc2c1. The third-order valence-electron chi connectivity index (χ3n) is 6.12. The van der Waals surface area contributed by atoms with E-state index < -0.39 is 0 Å². The maximum Gasteiger partial charge on any atom is 0.321 e. The molecule has 192 valence electrons. The summed E-state index contributed by atoms with van der Waals surface area (Å²) < 4.78 is 14.8. The van der Waals surface area contributed by atoms with E-state index >= 15 is 0 Å². The lowest BCUT2D eigenvalue weighted by Crippen LogP contribution is -2.40. The first kappa shape index (κ1) is 26.0. The molecule has 3 aromatic rings. The van der Waals surface area contributed by atoms with Crippen LogP contribution in [0.1, 0.15) is 44.7 Å². The van der Waals surface area contributed by atoms with Crippen molar-refractivity contribution in [2.45, 2.75) is 45.1 Å². The molecular weight excluding hydrogens is 474 g/mol. The number of hydrogen-bond acceptors (Lipinski definition) is 7. The molecule has 0 spiro atoms. The largest absolute Gasteiger partial charge is 0.493 e. The first-order valence-electron chi connectivity index (χ1n) is 12.5. The summed E-state index contributed by atoms with van der Waals surface area (Å²) in [6.07, 6.45) is 6.44. The van der Waals surface area contributed by atoms with Crippen LogP contribution in [-0.4, -0.2) is 59.5 Å². The quantitative estimate of drug-likeness (QED) is 0.277. The minimum atomic E-state index is -0.0759. The number of urea groups is 1. The number of piperidine rings is 1. The molecule has 1 aliphatic rings. The van der Waals surface area contributed by atoms with Gasteiger partial charge in [-0.2, -0.15) is 0 Å². The number of ether oxygens (including phenoxy) is 2. The summed E-state index contributed by atoms with van der Waals surface area (Å²) in [5, 5.41) is 4.05. The summed E-state index contributed by atoms with van der Waals surface area (Å²) in [4.78, 5) is 23.8.